The molecule has 0 radical (unpaired) electrons. The molecular formula is C17H25NO2. The van der Waals surface area contributed by atoms with E-state index in [1.165, 1.54) is 5.56 Å². The Bertz CT molecular complexity index is 422. The first-order valence-electron chi connectivity index (χ1n) is 7.63. The smallest absolute Gasteiger partial charge is 0.312 e. The third-order valence-corrected chi connectivity index (χ3v) is 4.35. The van der Waals surface area contributed by atoms with Crippen molar-refractivity contribution < 1.29 is 9.53 Å². The van der Waals surface area contributed by atoms with Gasteiger partial charge in [0.1, 0.15) is 0 Å². The fourth-order valence-corrected chi connectivity index (χ4v) is 3.02. The summed E-state index contributed by atoms with van der Waals surface area (Å²) in [6.07, 6.45) is 2.59. The fourth-order valence-electron chi connectivity index (χ4n) is 3.02. The van der Waals surface area contributed by atoms with Gasteiger partial charge in [0.15, 0.2) is 0 Å². The van der Waals surface area contributed by atoms with E-state index in [0.717, 1.165) is 38.9 Å². The van der Waals surface area contributed by atoms with Gasteiger partial charge in [-0.1, -0.05) is 37.3 Å². The van der Waals surface area contributed by atoms with E-state index in [0.29, 0.717) is 6.61 Å². The summed E-state index contributed by atoms with van der Waals surface area (Å²) < 4.78 is 5.37. The monoisotopic (exact) mass is 275 g/mol. The second kappa shape index (κ2) is 6.89. The van der Waals surface area contributed by atoms with Crippen LogP contribution in [-0.2, 0) is 16.0 Å². The topological polar surface area (TPSA) is 29.5 Å². The van der Waals surface area contributed by atoms with Crippen LogP contribution in [0, 0.1) is 5.41 Å². The van der Waals surface area contributed by atoms with Gasteiger partial charge in [-0.15, -0.1) is 0 Å². The molecule has 1 fully saturated rings. The van der Waals surface area contributed by atoms with Crippen LogP contribution < -0.4 is 0 Å². The summed E-state index contributed by atoms with van der Waals surface area (Å²) in [4.78, 5) is 14.9. The predicted octanol–water partition coefficient (Wildman–Crippen LogP) is 2.89. The van der Waals surface area contributed by atoms with Gasteiger partial charge in [0, 0.05) is 0 Å². The van der Waals surface area contributed by atoms with E-state index in [4.69, 9.17) is 4.74 Å². The molecule has 110 valence electrons. The summed E-state index contributed by atoms with van der Waals surface area (Å²) in [7, 11) is 0. The second-order valence-electron chi connectivity index (χ2n) is 5.60. The molecule has 3 nitrogen and oxygen atoms in total. The standard InChI is InChI=1S/C17H25NO2/c1-3-18-12-10-17(11-13-18,16(19)20-4-2)14-15-8-6-5-7-9-15/h5-9H,3-4,10-14H2,1-2H3. The number of ether oxygens (including phenoxy) is 1. The number of benzene rings is 1. The van der Waals surface area contributed by atoms with Crippen LogP contribution >= 0.6 is 0 Å². The molecular weight excluding hydrogens is 250 g/mol. The highest BCUT2D eigenvalue weighted by Crippen LogP contribution is 2.36. The van der Waals surface area contributed by atoms with Crippen LogP contribution in [0.4, 0.5) is 0 Å². The van der Waals surface area contributed by atoms with Gasteiger partial charge in [-0.05, 0) is 51.4 Å². The molecule has 0 aliphatic carbocycles. The van der Waals surface area contributed by atoms with Gasteiger partial charge < -0.3 is 9.64 Å². The average Bonchev–Trinajstić information content (AvgIpc) is 2.49. The van der Waals surface area contributed by atoms with Crippen LogP contribution in [0.25, 0.3) is 0 Å². The second-order valence-corrected chi connectivity index (χ2v) is 5.60. The molecule has 1 aromatic carbocycles. The van der Waals surface area contributed by atoms with Crippen LogP contribution in [0.3, 0.4) is 0 Å². The number of carbonyl (C=O) groups excluding carboxylic acids is 1. The van der Waals surface area contributed by atoms with Crippen molar-refractivity contribution in [2.24, 2.45) is 5.41 Å². The summed E-state index contributed by atoms with van der Waals surface area (Å²) in [6, 6.07) is 10.3. The number of esters is 1. The van der Waals surface area contributed by atoms with E-state index >= 15 is 0 Å². The van der Waals surface area contributed by atoms with E-state index in [9.17, 15) is 4.79 Å². The molecule has 1 saturated heterocycles. The highest BCUT2D eigenvalue weighted by Gasteiger charge is 2.42. The lowest BCUT2D eigenvalue weighted by molar-refractivity contribution is -0.158. The summed E-state index contributed by atoms with van der Waals surface area (Å²) in [5.74, 6) is -0.0143. The average molecular weight is 275 g/mol. The van der Waals surface area contributed by atoms with Crippen LogP contribution in [0.1, 0.15) is 32.3 Å². The molecule has 0 bridgehead atoms. The maximum absolute atomic E-state index is 12.5. The van der Waals surface area contributed by atoms with Crippen molar-refractivity contribution in [2.45, 2.75) is 33.1 Å². The molecule has 1 heterocycles. The summed E-state index contributed by atoms with van der Waals surface area (Å²) >= 11 is 0. The quantitative estimate of drug-likeness (QED) is 0.774. The Balaban J connectivity index is 2.15. The molecule has 2 rings (SSSR count). The van der Waals surface area contributed by atoms with Gasteiger partial charge in [0.25, 0.3) is 0 Å². The highest BCUT2D eigenvalue weighted by atomic mass is 16.5. The van der Waals surface area contributed by atoms with Gasteiger partial charge >= 0.3 is 5.97 Å². The molecule has 0 N–H and O–H groups in total. The number of hydrogen-bond acceptors (Lipinski definition) is 3. The van der Waals surface area contributed by atoms with Crippen molar-refractivity contribution in [1.29, 1.82) is 0 Å². The molecule has 1 aliphatic heterocycles. The Labute approximate surface area is 121 Å². The third-order valence-electron chi connectivity index (χ3n) is 4.35. The molecule has 0 amide bonds. The SMILES string of the molecule is CCOC(=O)C1(Cc2ccccc2)CCN(CC)CC1. The zero-order valence-corrected chi connectivity index (χ0v) is 12.6. The Morgan fingerprint density at radius 1 is 1.20 bits per heavy atom. The zero-order valence-electron chi connectivity index (χ0n) is 12.6. The lowest BCUT2D eigenvalue weighted by Gasteiger charge is -2.39. The lowest BCUT2D eigenvalue weighted by Crippen LogP contribution is -2.46. The van der Waals surface area contributed by atoms with Crippen molar-refractivity contribution in [1.82, 2.24) is 4.90 Å². The summed E-state index contributed by atoms with van der Waals surface area (Å²) in [5, 5.41) is 0. The van der Waals surface area contributed by atoms with E-state index in [-0.39, 0.29) is 11.4 Å². The number of hydrogen-bond donors (Lipinski definition) is 0. The van der Waals surface area contributed by atoms with Crippen molar-refractivity contribution in [3.63, 3.8) is 0 Å². The van der Waals surface area contributed by atoms with Gasteiger partial charge in [-0.3, -0.25) is 4.79 Å². The lowest BCUT2D eigenvalue weighted by atomic mass is 9.73. The van der Waals surface area contributed by atoms with Crippen molar-refractivity contribution in [3.05, 3.63) is 35.9 Å². The number of likely N-dealkylation sites (tertiary alicyclic amines) is 1. The number of piperidine rings is 1. The van der Waals surface area contributed by atoms with E-state index < -0.39 is 0 Å². The Morgan fingerprint density at radius 3 is 2.40 bits per heavy atom. The predicted molar refractivity (Wildman–Crippen MR) is 80.6 cm³/mol. The van der Waals surface area contributed by atoms with Crippen LogP contribution in [0.5, 0.6) is 0 Å². The molecule has 0 atom stereocenters. The van der Waals surface area contributed by atoms with Gasteiger partial charge in [-0.2, -0.15) is 0 Å². The molecule has 1 aromatic rings. The number of rotatable bonds is 5. The minimum atomic E-state index is -0.330. The normalized spacial score (nSPS) is 18.7. The third kappa shape index (κ3) is 3.40. The maximum Gasteiger partial charge on any atom is 0.312 e. The van der Waals surface area contributed by atoms with Gasteiger partial charge in [0.2, 0.25) is 0 Å². The minimum Gasteiger partial charge on any atom is -0.466 e. The number of carbonyl (C=O) groups is 1. The molecule has 20 heavy (non-hydrogen) atoms. The van der Waals surface area contributed by atoms with Crippen LogP contribution in [0.2, 0.25) is 0 Å². The van der Waals surface area contributed by atoms with Crippen molar-refractivity contribution in [2.75, 3.05) is 26.2 Å². The number of nitrogens with zero attached hydrogens (tertiary/aromatic N) is 1. The highest BCUT2D eigenvalue weighted by molar-refractivity contribution is 5.77. The van der Waals surface area contributed by atoms with Gasteiger partial charge in [-0.25, -0.2) is 0 Å². The Kier molecular flexibility index (Phi) is 5.18. The first-order chi connectivity index (χ1) is 9.70. The first kappa shape index (κ1) is 15.0. The molecule has 0 unspecified atom stereocenters. The van der Waals surface area contributed by atoms with Gasteiger partial charge in [0.05, 0.1) is 12.0 Å². The molecule has 3 heteroatoms. The maximum atomic E-state index is 12.5. The van der Waals surface area contributed by atoms with Crippen molar-refractivity contribution >= 4 is 5.97 Å². The summed E-state index contributed by atoms with van der Waals surface area (Å²) in [5.41, 5.74) is 0.897. The minimum absolute atomic E-state index is 0.0143. The Hall–Kier alpha value is -1.35. The molecule has 0 aromatic heterocycles. The first-order valence-corrected chi connectivity index (χ1v) is 7.63. The van der Waals surface area contributed by atoms with Crippen molar-refractivity contribution in [3.8, 4) is 0 Å². The molecule has 0 saturated carbocycles. The zero-order chi connectivity index (χ0) is 14.4. The van der Waals surface area contributed by atoms with E-state index in [1.54, 1.807) is 0 Å². The fraction of sp³-hybridized carbons (Fsp3) is 0.588. The largest absolute Gasteiger partial charge is 0.466 e. The van der Waals surface area contributed by atoms with E-state index in [1.807, 2.05) is 25.1 Å². The Morgan fingerprint density at radius 2 is 1.85 bits per heavy atom. The molecule has 1 aliphatic rings. The molecule has 0 spiro atoms. The summed E-state index contributed by atoms with van der Waals surface area (Å²) in [6.45, 7) is 7.56. The van der Waals surface area contributed by atoms with Crippen LogP contribution in [-0.4, -0.2) is 37.1 Å². The van der Waals surface area contributed by atoms with Crippen LogP contribution in [0.15, 0.2) is 30.3 Å². The van der Waals surface area contributed by atoms with E-state index in [2.05, 4.69) is 24.0 Å².